The molecule has 0 aliphatic rings. The highest BCUT2D eigenvalue weighted by Gasteiger charge is 2.08. The molecular formula is C10H19N3. The van der Waals surface area contributed by atoms with Crippen LogP contribution in [0.15, 0.2) is 0 Å². The molecule has 13 heavy (non-hydrogen) atoms. The third-order valence-corrected chi connectivity index (χ3v) is 2.39. The van der Waals surface area contributed by atoms with Crippen LogP contribution >= 0.6 is 0 Å². The molecule has 74 valence electrons. The molecule has 0 spiro atoms. The Bertz CT molecular complexity index is 249. The molecule has 0 aromatic carbocycles. The smallest absolute Gasteiger partial charge is 0.122 e. The standard InChI is InChI=1S/C10H19N3/c1-5-6-9-8(2)13(4)10(12-9)7-11-3/h11H,5-7H2,1-4H3. The van der Waals surface area contributed by atoms with E-state index >= 15 is 0 Å². The lowest BCUT2D eigenvalue weighted by Gasteiger charge is -2.01. The normalized spacial score (nSPS) is 10.8. The Morgan fingerprint density at radius 1 is 1.46 bits per heavy atom. The van der Waals surface area contributed by atoms with Crippen molar-refractivity contribution in [3.63, 3.8) is 0 Å². The molecular weight excluding hydrogens is 162 g/mol. The number of aryl methyl sites for hydroxylation is 1. The predicted molar refractivity (Wildman–Crippen MR) is 54.7 cm³/mol. The number of nitrogens with one attached hydrogen (secondary N) is 1. The SMILES string of the molecule is CCCc1nc(CNC)n(C)c1C. The number of nitrogens with zero attached hydrogens (tertiary/aromatic N) is 2. The summed E-state index contributed by atoms with van der Waals surface area (Å²) in [6, 6.07) is 0. The molecule has 1 aromatic rings. The second-order valence-corrected chi connectivity index (χ2v) is 3.40. The van der Waals surface area contributed by atoms with Crippen molar-refractivity contribution in [3.05, 3.63) is 17.2 Å². The summed E-state index contributed by atoms with van der Waals surface area (Å²) in [4.78, 5) is 4.59. The van der Waals surface area contributed by atoms with Gasteiger partial charge in [-0.05, 0) is 20.4 Å². The highest BCUT2D eigenvalue weighted by atomic mass is 15.1. The highest BCUT2D eigenvalue weighted by Crippen LogP contribution is 2.10. The van der Waals surface area contributed by atoms with Gasteiger partial charge in [0.1, 0.15) is 5.82 Å². The van der Waals surface area contributed by atoms with E-state index in [1.54, 1.807) is 0 Å². The monoisotopic (exact) mass is 181 g/mol. The molecule has 0 atom stereocenters. The average molecular weight is 181 g/mol. The molecule has 0 bridgehead atoms. The number of aromatic nitrogens is 2. The number of imidazole rings is 1. The highest BCUT2D eigenvalue weighted by molar-refractivity contribution is 5.15. The van der Waals surface area contributed by atoms with E-state index in [2.05, 4.69) is 35.8 Å². The van der Waals surface area contributed by atoms with Crippen LogP contribution in [0.5, 0.6) is 0 Å². The summed E-state index contributed by atoms with van der Waals surface area (Å²) in [6.45, 7) is 5.17. The van der Waals surface area contributed by atoms with E-state index in [-0.39, 0.29) is 0 Å². The first-order valence-corrected chi connectivity index (χ1v) is 4.86. The van der Waals surface area contributed by atoms with Crippen LogP contribution in [0, 0.1) is 6.92 Å². The van der Waals surface area contributed by atoms with Gasteiger partial charge in [0.25, 0.3) is 0 Å². The minimum atomic E-state index is 0.848. The van der Waals surface area contributed by atoms with E-state index < -0.39 is 0 Å². The first-order valence-electron chi connectivity index (χ1n) is 4.86. The largest absolute Gasteiger partial charge is 0.334 e. The van der Waals surface area contributed by atoms with Crippen LogP contribution in [0.25, 0.3) is 0 Å². The molecule has 0 unspecified atom stereocenters. The van der Waals surface area contributed by atoms with E-state index in [1.807, 2.05) is 7.05 Å². The Morgan fingerprint density at radius 3 is 2.69 bits per heavy atom. The lowest BCUT2D eigenvalue weighted by Crippen LogP contribution is -2.10. The maximum Gasteiger partial charge on any atom is 0.122 e. The Hall–Kier alpha value is -0.830. The fraction of sp³-hybridized carbons (Fsp3) is 0.700. The number of hydrogen-bond donors (Lipinski definition) is 1. The molecule has 1 N–H and O–H groups in total. The third kappa shape index (κ3) is 2.10. The van der Waals surface area contributed by atoms with Crippen molar-refractivity contribution in [3.8, 4) is 0 Å². The van der Waals surface area contributed by atoms with Crippen LogP contribution in [-0.4, -0.2) is 16.6 Å². The van der Waals surface area contributed by atoms with E-state index in [4.69, 9.17) is 0 Å². The Morgan fingerprint density at radius 2 is 2.15 bits per heavy atom. The molecule has 1 aromatic heterocycles. The van der Waals surface area contributed by atoms with Crippen LogP contribution in [0.4, 0.5) is 0 Å². The van der Waals surface area contributed by atoms with Crippen LogP contribution in [0.1, 0.15) is 30.6 Å². The second-order valence-electron chi connectivity index (χ2n) is 3.40. The van der Waals surface area contributed by atoms with Crippen molar-refractivity contribution in [2.75, 3.05) is 7.05 Å². The number of hydrogen-bond acceptors (Lipinski definition) is 2. The Balaban J connectivity index is 2.90. The summed E-state index contributed by atoms with van der Waals surface area (Å²) in [5.74, 6) is 1.13. The van der Waals surface area contributed by atoms with Gasteiger partial charge in [-0.15, -0.1) is 0 Å². The summed E-state index contributed by atoms with van der Waals surface area (Å²) in [5, 5.41) is 3.12. The fourth-order valence-electron chi connectivity index (χ4n) is 1.49. The van der Waals surface area contributed by atoms with Crippen molar-refractivity contribution in [1.82, 2.24) is 14.9 Å². The van der Waals surface area contributed by atoms with Gasteiger partial charge in [0.15, 0.2) is 0 Å². The zero-order valence-electron chi connectivity index (χ0n) is 9.02. The van der Waals surface area contributed by atoms with Crippen LogP contribution in [-0.2, 0) is 20.0 Å². The summed E-state index contributed by atoms with van der Waals surface area (Å²) in [5.41, 5.74) is 2.54. The topological polar surface area (TPSA) is 29.9 Å². The van der Waals surface area contributed by atoms with Gasteiger partial charge in [-0.2, -0.15) is 0 Å². The quantitative estimate of drug-likeness (QED) is 0.761. The molecule has 3 heteroatoms. The first-order chi connectivity index (χ1) is 6.20. The maximum absolute atomic E-state index is 4.59. The molecule has 3 nitrogen and oxygen atoms in total. The molecule has 0 amide bonds. The minimum Gasteiger partial charge on any atom is -0.334 e. The number of rotatable bonds is 4. The molecule has 0 aliphatic carbocycles. The zero-order valence-corrected chi connectivity index (χ0v) is 9.02. The predicted octanol–water partition coefficient (Wildman–Crippen LogP) is 1.40. The van der Waals surface area contributed by atoms with E-state index in [0.29, 0.717) is 0 Å². The summed E-state index contributed by atoms with van der Waals surface area (Å²) < 4.78 is 2.17. The van der Waals surface area contributed by atoms with Crippen molar-refractivity contribution in [1.29, 1.82) is 0 Å². The molecule has 0 radical (unpaired) electrons. The summed E-state index contributed by atoms with van der Waals surface area (Å²) >= 11 is 0. The van der Waals surface area contributed by atoms with Gasteiger partial charge in [0, 0.05) is 12.7 Å². The average Bonchev–Trinajstić information content (AvgIpc) is 2.36. The lowest BCUT2D eigenvalue weighted by atomic mass is 10.2. The molecule has 0 saturated heterocycles. The van der Waals surface area contributed by atoms with E-state index in [9.17, 15) is 0 Å². The second kappa shape index (κ2) is 4.42. The van der Waals surface area contributed by atoms with Crippen LogP contribution in [0.2, 0.25) is 0 Å². The van der Waals surface area contributed by atoms with Crippen molar-refractivity contribution >= 4 is 0 Å². The Kier molecular flexibility index (Phi) is 3.48. The van der Waals surface area contributed by atoms with Crippen molar-refractivity contribution in [2.24, 2.45) is 7.05 Å². The van der Waals surface area contributed by atoms with Crippen LogP contribution < -0.4 is 5.32 Å². The Labute approximate surface area is 80.2 Å². The summed E-state index contributed by atoms with van der Waals surface area (Å²) in [6.07, 6.45) is 2.25. The third-order valence-electron chi connectivity index (χ3n) is 2.39. The molecule has 0 saturated carbocycles. The van der Waals surface area contributed by atoms with Crippen molar-refractivity contribution < 1.29 is 0 Å². The van der Waals surface area contributed by atoms with Gasteiger partial charge in [0.2, 0.25) is 0 Å². The van der Waals surface area contributed by atoms with Gasteiger partial charge < -0.3 is 9.88 Å². The van der Waals surface area contributed by atoms with Crippen LogP contribution in [0.3, 0.4) is 0 Å². The fourth-order valence-corrected chi connectivity index (χ4v) is 1.49. The molecule has 1 heterocycles. The van der Waals surface area contributed by atoms with E-state index in [0.717, 1.165) is 25.2 Å². The molecule has 0 aliphatic heterocycles. The van der Waals surface area contributed by atoms with Gasteiger partial charge in [-0.3, -0.25) is 0 Å². The van der Waals surface area contributed by atoms with Crippen molar-refractivity contribution in [2.45, 2.75) is 33.2 Å². The zero-order chi connectivity index (χ0) is 9.84. The summed E-state index contributed by atoms with van der Waals surface area (Å²) in [7, 11) is 4.03. The van der Waals surface area contributed by atoms with E-state index in [1.165, 1.54) is 11.4 Å². The first kappa shape index (κ1) is 10.3. The lowest BCUT2D eigenvalue weighted by molar-refractivity contribution is 0.700. The van der Waals surface area contributed by atoms with Gasteiger partial charge in [0.05, 0.1) is 12.2 Å². The maximum atomic E-state index is 4.59. The molecule has 1 rings (SSSR count). The van der Waals surface area contributed by atoms with Gasteiger partial charge in [-0.25, -0.2) is 4.98 Å². The van der Waals surface area contributed by atoms with Gasteiger partial charge in [-0.1, -0.05) is 13.3 Å². The molecule has 0 fully saturated rings. The minimum absolute atomic E-state index is 0.848. The van der Waals surface area contributed by atoms with Gasteiger partial charge >= 0.3 is 0 Å².